The van der Waals surface area contributed by atoms with E-state index in [0.29, 0.717) is 0 Å². The Morgan fingerprint density at radius 1 is 0.587 bits per heavy atom. The van der Waals surface area contributed by atoms with Gasteiger partial charge in [0.1, 0.15) is 16.8 Å². The first-order valence-corrected chi connectivity index (χ1v) is 15.5. The van der Waals surface area contributed by atoms with Crippen molar-refractivity contribution < 1.29 is 8.98 Å². The fourth-order valence-electron chi connectivity index (χ4n) is 6.86. The van der Waals surface area contributed by atoms with Crippen molar-refractivity contribution in [1.82, 2.24) is 14.5 Å². The van der Waals surface area contributed by atoms with E-state index < -0.39 is 0 Å². The average molecular weight is 594 g/mol. The lowest BCUT2D eigenvalue weighted by Gasteiger charge is -2.09. The molecule has 5 heteroatoms. The molecule has 0 amide bonds. The van der Waals surface area contributed by atoms with Crippen LogP contribution in [0.3, 0.4) is 0 Å². The molecule has 3 aromatic heterocycles. The highest BCUT2D eigenvalue weighted by Gasteiger charge is 2.30. The van der Waals surface area contributed by atoms with Gasteiger partial charge in [0.25, 0.3) is 5.82 Å². The van der Waals surface area contributed by atoms with Gasteiger partial charge < -0.3 is 4.42 Å². The van der Waals surface area contributed by atoms with Gasteiger partial charge >= 0.3 is 0 Å². The quantitative estimate of drug-likeness (QED) is 0.191. The van der Waals surface area contributed by atoms with E-state index in [0.717, 1.165) is 83.5 Å². The van der Waals surface area contributed by atoms with Gasteiger partial charge in [-0.1, -0.05) is 91.0 Å². The van der Waals surface area contributed by atoms with Crippen LogP contribution in [0.25, 0.3) is 83.3 Å². The molecule has 0 N–H and O–H groups in total. The molecule has 6 aromatic carbocycles. The summed E-state index contributed by atoms with van der Waals surface area (Å²) in [5.74, 6) is 1.81. The van der Waals surface area contributed by atoms with Crippen molar-refractivity contribution in [2.75, 3.05) is 0 Å². The zero-order valence-electron chi connectivity index (χ0n) is 25.5. The molecule has 0 saturated heterocycles. The van der Waals surface area contributed by atoms with Gasteiger partial charge in [-0.3, -0.25) is 0 Å². The molecular formula is C41H29N4O+. The Hall–Kier alpha value is -6.07. The summed E-state index contributed by atoms with van der Waals surface area (Å²) in [6, 6.07) is 44.9. The third kappa shape index (κ3) is 3.99. The molecule has 0 aliphatic carbocycles. The van der Waals surface area contributed by atoms with Crippen molar-refractivity contribution in [3.05, 3.63) is 145 Å². The first-order chi connectivity index (χ1) is 22.7. The summed E-state index contributed by atoms with van der Waals surface area (Å²) in [5.41, 5.74) is 10.8. The van der Waals surface area contributed by atoms with E-state index in [2.05, 4.69) is 154 Å². The van der Waals surface area contributed by atoms with Crippen LogP contribution in [0.2, 0.25) is 0 Å². The molecule has 9 rings (SSSR count). The van der Waals surface area contributed by atoms with E-state index in [1.807, 2.05) is 6.07 Å². The second kappa shape index (κ2) is 10.2. The Bertz CT molecular complexity index is 2580. The molecule has 0 unspecified atom stereocenters. The number of nitrogens with zero attached hydrogens (tertiary/aromatic N) is 4. The lowest BCUT2D eigenvalue weighted by Crippen LogP contribution is -2.30. The Labute approximate surface area is 265 Å². The van der Waals surface area contributed by atoms with E-state index >= 15 is 0 Å². The number of rotatable bonds is 4. The van der Waals surface area contributed by atoms with Gasteiger partial charge in [0.2, 0.25) is 0 Å². The molecule has 218 valence electrons. The maximum atomic E-state index is 6.86. The molecule has 0 bridgehead atoms. The third-order valence-corrected chi connectivity index (χ3v) is 9.14. The number of imidazole rings is 1. The highest BCUT2D eigenvalue weighted by Crippen LogP contribution is 2.41. The summed E-state index contributed by atoms with van der Waals surface area (Å²) in [7, 11) is 2.15. The largest absolute Gasteiger partial charge is 0.454 e. The zero-order valence-corrected chi connectivity index (χ0v) is 25.5. The molecule has 0 spiro atoms. The normalized spacial score (nSPS) is 11.7. The van der Waals surface area contributed by atoms with Crippen LogP contribution < -0.4 is 4.57 Å². The number of aromatic nitrogens is 4. The van der Waals surface area contributed by atoms with Gasteiger partial charge in [0.15, 0.2) is 22.4 Å². The SMILES string of the molecule is Cc1ccc2c(oc3c4ccccc4ccc23)c1-c1n(-c2ccc(-c3ccc(-c4ncccn4)cc3)cc2)c2ccccc2[n+]1C. The molecule has 0 saturated carbocycles. The Kier molecular flexibility index (Phi) is 5.87. The second-order valence-corrected chi connectivity index (χ2v) is 11.8. The molecule has 0 atom stereocenters. The van der Waals surface area contributed by atoms with Crippen LogP contribution >= 0.6 is 0 Å². The maximum absolute atomic E-state index is 6.86. The van der Waals surface area contributed by atoms with Gasteiger partial charge in [0.05, 0.1) is 7.05 Å². The first kappa shape index (κ1) is 26.3. The lowest BCUT2D eigenvalue weighted by atomic mass is 10.0. The molecule has 0 fully saturated rings. The second-order valence-electron chi connectivity index (χ2n) is 11.8. The van der Waals surface area contributed by atoms with Crippen molar-refractivity contribution in [3.8, 4) is 39.6 Å². The van der Waals surface area contributed by atoms with E-state index in [4.69, 9.17) is 4.42 Å². The smallest absolute Gasteiger partial charge is 0.298 e. The lowest BCUT2D eigenvalue weighted by molar-refractivity contribution is -0.633. The van der Waals surface area contributed by atoms with Crippen molar-refractivity contribution in [3.63, 3.8) is 0 Å². The topological polar surface area (TPSA) is 47.7 Å². The standard InChI is InChI=1S/C41H29N4O/c1-26-12-22-34-33-23-19-29-8-3-4-9-32(29)38(33)46-39(34)37(26)41-44(2)35-10-5-6-11-36(35)45(41)31-20-17-28(18-21-31)27-13-15-30(16-14-27)40-42-24-7-25-43-40/h3-25H,1-2H3/q+1. The highest BCUT2D eigenvalue weighted by molar-refractivity contribution is 6.17. The van der Waals surface area contributed by atoms with Crippen LogP contribution in [0.4, 0.5) is 0 Å². The van der Waals surface area contributed by atoms with Crippen LogP contribution in [0.5, 0.6) is 0 Å². The number of hydrogen-bond donors (Lipinski definition) is 0. The van der Waals surface area contributed by atoms with Crippen molar-refractivity contribution >= 4 is 43.7 Å². The molecule has 0 aliphatic rings. The van der Waals surface area contributed by atoms with Crippen molar-refractivity contribution in [2.45, 2.75) is 6.92 Å². The zero-order chi connectivity index (χ0) is 30.8. The molecular weight excluding hydrogens is 564 g/mol. The van der Waals surface area contributed by atoms with Crippen molar-refractivity contribution in [1.29, 1.82) is 0 Å². The average Bonchev–Trinajstić information content (AvgIpc) is 3.64. The Morgan fingerprint density at radius 3 is 2.04 bits per heavy atom. The third-order valence-electron chi connectivity index (χ3n) is 9.14. The number of fused-ring (bicyclic) bond motifs is 6. The van der Waals surface area contributed by atoms with E-state index in [1.165, 1.54) is 5.39 Å². The van der Waals surface area contributed by atoms with Gasteiger partial charge in [-0.15, -0.1) is 0 Å². The van der Waals surface area contributed by atoms with Crippen LogP contribution in [0.1, 0.15) is 5.56 Å². The van der Waals surface area contributed by atoms with E-state index in [9.17, 15) is 0 Å². The summed E-state index contributed by atoms with van der Waals surface area (Å²) < 4.78 is 11.5. The fourth-order valence-corrected chi connectivity index (χ4v) is 6.86. The van der Waals surface area contributed by atoms with Crippen LogP contribution in [-0.2, 0) is 7.05 Å². The summed E-state index contributed by atoms with van der Waals surface area (Å²) in [6.45, 7) is 2.18. The molecule has 9 aromatic rings. The number of para-hydroxylation sites is 2. The van der Waals surface area contributed by atoms with E-state index in [1.54, 1.807) is 12.4 Å². The van der Waals surface area contributed by atoms with Crippen LogP contribution in [-0.4, -0.2) is 14.5 Å². The summed E-state index contributed by atoms with van der Waals surface area (Å²) in [5, 5.41) is 4.56. The summed E-state index contributed by atoms with van der Waals surface area (Å²) in [4.78, 5) is 8.77. The number of hydrogen-bond acceptors (Lipinski definition) is 3. The van der Waals surface area contributed by atoms with Crippen LogP contribution in [0, 0.1) is 6.92 Å². The highest BCUT2D eigenvalue weighted by atomic mass is 16.3. The number of benzene rings is 6. The minimum atomic E-state index is 0.729. The monoisotopic (exact) mass is 593 g/mol. The van der Waals surface area contributed by atoms with Crippen LogP contribution in [0.15, 0.2) is 144 Å². The Morgan fingerprint density at radius 2 is 1.24 bits per heavy atom. The first-order valence-electron chi connectivity index (χ1n) is 15.5. The number of furan rings is 1. The summed E-state index contributed by atoms with van der Waals surface area (Å²) >= 11 is 0. The van der Waals surface area contributed by atoms with Gasteiger partial charge in [0, 0.05) is 34.1 Å². The summed E-state index contributed by atoms with van der Waals surface area (Å²) in [6.07, 6.45) is 3.54. The Balaban J connectivity index is 1.22. The van der Waals surface area contributed by atoms with Gasteiger partial charge in [-0.25, -0.2) is 14.5 Å². The predicted octanol–water partition coefficient (Wildman–Crippen LogP) is 9.61. The van der Waals surface area contributed by atoms with E-state index in [-0.39, 0.29) is 0 Å². The number of aryl methyl sites for hydroxylation is 2. The van der Waals surface area contributed by atoms with Gasteiger partial charge in [-0.2, -0.15) is 4.57 Å². The van der Waals surface area contributed by atoms with Crippen molar-refractivity contribution in [2.24, 2.45) is 7.05 Å². The van der Waals surface area contributed by atoms with Gasteiger partial charge in [-0.05, 0) is 65.4 Å². The molecule has 0 radical (unpaired) electrons. The molecule has 3 heterocycles. The molecule has 0 aliphatic heterocycles. The maximum Gasteiger partial charge on any atom is 0.298 e. The molecule has 46 heavy (non-hydrogen) atoms. The minimum absolute atomic E-state index is 0.729. The minimum Gasteiger partial charge on any atom is -0.454 e. The predicted molar refractivity (Wildman–Crippen MR) is 186 cm³/mol. The molecule has 5 nitrogen and oxygen atoms in total. The fraction of sp³-hybridized carbons (Fsp3) is 0.0488.